The van der Waals surface area contributed by atoms with Gasteiger partial charge in [-0.2, -0.15) is 5.26 Å². The number of nitrogens with one attached hydrogen (secondary N) is 2. The number of H-pyrrole nitrogens is 1. The van der Waals surface area contributed by atoms with Crippen LogP contribution in [0.5, 0.6) is 0 Å². The first-order valence-corrected chi connectivity index (χ1v) is 10.7. The van der Waals surface area contributed by atoms with Gasteiger partial charge in [-0.25, -0.2) is 4.98 Å². The third-order valence-corrected chi connectivity index (χ3v) is 6.32. The Kier molecular flexibility index (Phi) is 5.65. The van der Waals surface area contributed by atoms with Gasteiger partial charge in [0.25, 0.3) is 5.56 Å². The van der Waals surface area contributed by atoms with Gasteiger partial charge in [0.2, 0.25) is 5.91 Å². The van der Waals surface area contributed by atoms with Crippen molar-refractivity contribution in [3.05, 3.63) is 81.3 Å². The zero-order valence-corrected chi connectivity index (χ0v) is 18.0. The molecule has 0 saturated carbocycles. The van der Waals surface area contributed by atoms with Gasteiger partial charge in [-0.3, -0.25) is 9.59 Å². The number of benzene rings is 2. The quantitative estimate of drug-likeness (QED) is 0.481. The Bertz CT molecular complexity index is 1340. The number of anilines is 1. The number of hydrogen-bond acceptors (Lipinski definition) is 5. The molecule has 31 heavy (non-hydrogen) atoms. The Hall–Kier alpha value is -3.76. The predicted molar refractivity (Wildman–Crippen MR) is 123 cm³/mol. The lowest BCUT2D eigenvalue weighted by atomic mass is 9.99. The van der Waals surface area contributed by atoms with Gasteiger partial charge in [0.1, 0.15) is 16.6 Å². The maximum absolute atomic E-state index is 12.4. The molecule has 0 aliphatic heterocycles. The first kappa shape index (κ1) is 20.5. The fourth-order valence-electron chi connectivity index (χ4n) is 3.57. The molecular formula is C24H20N4O2S. The second kappa shape index (κ2) is 8.54. The summed E-state index contributed by atoms with van der Waals surface area (Å²) in [6.07, 6.45) is 0.691. The Balaban J connectivity index is 1.43. The topological polar surface area (TPSA) is 98.6 Å². The number of thiazole rings is 1. The SMILES string of the molecule is Cc1[nH]c(=O)c(C#N)c(C)c1CCC(=O)Nc1ccc(-c2nc3ccccc3s2)cc1. The standard InChI is InChI=1S/C24H20N4O2S/c1-14-18(15(2)26-23(30)19(14)13-25)11-12-22(29)27-17-9-7-16(8-10-17)24-28-20-5-3-4-6-21(20)31-24/h3-10H,11-12H2,1-2H3,(H,26,30)(H,27,29). The summed E-state index contributed by atoms with van der Waals surface area (Å²) in [5, 5.41) is 13.0. The Morgan fingerprint density at radius 1 is 1.16 bits per heavy atom. The van der Waals surface area contributed by atoms with Gasteiger partial charge in [-0.15, -0.1) is 11.3 Å². The molecule has 154 valence electrons. The lowest BCUT2D eigenvalue weighted by Crippen LogP contribution is -2.18. The maximum Gasteiger partial charge on any atom is 0.266 e. The van der Waals surface area contributed by atoms with Crippen molar-refractivity contribution in [1.29, 1.82) is 5.26 Å². The molecule has 4 rings (SSSR count). The fourth-order valence-corrected chi connectivity index (χ4v) is 4.55. The van der Waals surface area contributed by atoms with Crippen LogP contribution in [0.1, 0.15) is 28.8 Å². The van der Waals surface area contributed by atoms with Gasteiger partial charge < -0.3 is 10.3 Å². The minimum absolute atomic E-state index is 0.103. The zero-order valence-electron chi connectivity index (χ0n) is 17.2. The number of hydrogen-bond donors (Lipinski definition) is 2. The molecule has 0 radical (unpaired) electrons. The summed E-state index contributed by atoms with van der Waals surface area (Å²) in [4.78, 5) is 31.6. The van der Waals surface area contributed by atoms with Crippen molar-refractivity contribution < 1.29 is 4.79 Å². The molecule has 1 amide bonds. The number of pyridine rings is 1. The van der Waals surface area contributed by atoms with Gasteiger partial charge in [-0.1, -0.05) is 12.1 Å². The smallest absolute Gasteiger partial charge is 0.266 e. The number of para-hydroxylation sites is 1. The highest BCUT2D eigenvalue weighted by molar-refractivity contribution is 7.21. The van der Waals surface area contributed by atoms with E-state index in [2.05, 4.69) is 21.4 Å². The number of aryl methyl sites for hydroxylation is 1. The zero-order chi connectivity index (χ0) is 22.0. The van der Waals surface area contributed by atoms with Crippen LogP contribution in [0.25, 0.3) is 20.8 Å². The van der Waals surface area contributed by atoms with Crippen LogP contribution in [0.15, 0.2) is 53.3 Å². The Morgan fingerprint density at radius 2 is 1.90 bits per heavy atom. The maximum atomic E-state index is 12.4. The lowest BCUT2D eigenvalue weighted by Gasteiger charge is -2.11. The number of aromatic nitrogens is 2. The first-order chi connectivity index (χ1) is 15.0. The van der Waals surface area contributed by atoms with E-state index < -0.39 is 0 Å². The summed E-state index contributed by atoms with van der Waals surface area (Å²) in [5.74, 6) is -0.128. The average molecular weight is 429 g/mol. The van der Waals surface area contributed by atoms with E-state index in [4.69, 9.17) is 0 Å². The second-order valence-electron chi connectivity index (χ2n) is 7.28. The van der Waals surface area contributed by atoms with Gasteiger partial charge in [0, 0.05) is 23.4 Å². The van der Waals surface area contributed by atoms with Crippen LogP contribution < -0.4 is 10.9 Å². The molecule has 2 N–H and O–H groups in total. The average Bonchev–Trinajstić information content (AvgIpc) is 3.18. The summed E-state index contributed by atoms with van der Waals surface area (Å²) in [5.41, 5.74) is 4.56. The molecule has 2 aromatic carbocycles. The molecule has 0 saturated heterocycles. The van der Waals surface area contributed by atoms with Crippen LogP contribution in [0.4, 0.5) is 5.69 Å². The minimum atomic E-state index is -0.390. The fraction of sp³-hybridized carbons (Fsp3) is 0.167. The van der Waals surface area contributed by atoms with Crippen molar-refractivity contribution in [1.82, 2.24) is 9.97 Å². The number of nitriles is 1. The van der Waals surface area contributed by atoms with Crippen molar-refractivity contribution >= 4 is 33.1 Å². The number of carbonyl (C=O) groups excluding carboxylic acids is 1. The number of nitrogens with zero attached hydrogens (tertiary/aromatic N) is 2. The largest absolute Gasteiger partial charge is 0.326 e. The van der Waals surface area contributed by atoms with E-state index in [1.165, 1.54) is 0 Å². The predicted octanol–water partition coefficient (Wildman–Crippen LogP) is 4.71. The third kappa shape index (κ3) is 4.25. The minimum Gasteiger partial charge on any atom is -0.326 e. The van der Waals surface area contributed by atoms with E-state index in [9.17, 15) is 14.9 Å². The van der Waals surface area contributed by atoms with Crippen molar-refractivity contribution in [2.24, 2.45) is 0 Å². The second-order valence-corrected chi connectivity index (χ2v) is 8.31. The molecule has 0 spiro atoms. The summed E-state index contributed by atoms with van der Waals surface area (Å²) in [6.45, 7) is 3.53. The summed E-state index contributed by atoms with van der Waals surface area (Å²) in [6, 6.07) is 17.6. The molecule has 6 nitrogen and oxygen atoms in total. The van der Waals surface area contributed by atoms with Crippen molar-refractivity contribution in [3.63, 3.8) is 0 Å². The summed E-state index contributed by atoms with van der Waals surface area (Å²) >= 11 is 1.64. The van der Waals surface area contributed by atoms with Gasteiger partial charge in [0.05, 0.1) is 10.2 Å². The van der Waals surface area contributed by atoms with Crippen molar-refractivity contribution in [3.8, 4) is 16.6 Å². The number of fused-ring (bicyclic) bond motifs is 1. The summed E-state index contributed by atoms with van der Waals surface area (Å²) < 4.78 is 1.14. The molecule has 0 fully saturated rings. The molecule has 0 aliphatic carbocycles. The van der Waals surface area contributed by atoms with E-state index in [0.29, 0.717) is 23.4 Å². The molecule has 2 aromatic heterocycles. The third-order valence-electron chi connectivity index (χ3n) is 5.23. The van der Waals surface area contributed by atoms with E-state index in [1.54, 1.807) is 25.2 Å². The Labute approximate surface area is 183 Å². The van der Waals surface area contributed by atoms with E-state index >= 15 is 0 Å². The number of rotatable bonds is 5. The molecule has 0 atom stereocenters. The molecule has 0 bridgehead atoms. The van der Waals surface area contributed by atoms with Gasteiger partial charge in [-0.05, 0) is 67.8 Å². The molecule has 0 aliphatic rings. The first-order valence-electron chi connectivity index (χ1n) is 9.84. The van der Waals surface area contributed by atoms with Crippen molar-refractivity contribution in [2.45, 2.75) is 26.7 Å². The van der Waals surface area contributed by atoms with Crippen LogP contribution in [0, 0.1) is 25.2 Å². The van der Waals surface area contributed by atoms with E-state index in [0.717, 1.165) is 26.4 Å². The Morgan fingerprint density at radius 3 is 2.61 bits per heavy atom. The number of amides is 1. The van der Waals surface area contributed by atoms with Crippen molar-refractivity contribution in [2.75, 3.05) is 5.32 Å². The highest BCUT2D eigenvalue weighted by Crippen LogP contribution is 2.30. The molecule has 2 heterocycles. The highest BCUT2D eigenvalue weighted by atomic mass is 32.1. The van der Waals surface area contributed by atoms with E-state index in [1.807, 2.05) is 48.5 Å². The van der Waals surface area contributed by atoms with Crippen LogP contribution >= 0.6 is 11.3 Å². The molecule has 7 heteroatoms. The van der Waals surface area contributed by atoms with Crippen LogP contribution in [0.2, 0.25) is 0 Å². The lowest BCUT2D eigenvalue weighted by molar-refractivity contribution is -0.116. The molecular weight excluding hydrogens is 408 g/mol. The molecule has 0 unspecified atom stereocenters. The van der Waals surface area contributed by atoms with Crippen LogP contribution in [0.3, 0.4) is 0 Å². The van der Waals surface area contributed by atoms with E-state index in [-0.39, 0.29) is 23.5 Å². The van der Waals surface area contributed by atoms with Gasteiger partial charge in [0.15, 0.2) is 0 Å². The summed E-state index contributed by atoms with van der Waals surface area (Å²) in [7, 11) is 0. The number of aromatic amines is 1. The number of carbonyl (C=O) groups is 1. The normalized spacial score (nSPS) is 10.7. The monoisotopic (exact) mass is 428 g/mol. The van der Waals surface area contributed by atoms with Gasteiger partial charge >= 0.3 is 0 Å². The van der Waals surface area contributed by atoms with Crippen LogP contribution in [-0.4, -0.2) is 15.9 Å². The molecule has 4 aromatic rings. The highest BCUT2D eigenvalue weighted by Gasteiger charge is 2.14. The van der Waals surface area contributed by atoms with Crippen LogP contribution in [-0.2, 0) is 11.2 Å².